The summed E-state index contributed by atoms with van der Waals surface area (Å²) in [5.41, 5.74) is 1.47. The number of nitrogens with zero attached hydrogens (tertiary/aromatic N) is 3. The average molecular weight is 397 g/mol. The summed E-state index contributed by atoms with van der Waals surface area (Å²) >= 11 is 0. The third kappa shape index (κ3) is 4.13. The lowest BCUT2D eigenvalue weighted by molar-refractivity contribution is 0.0292. The number of aryl methyl sites for hydroxylation is 1. The van der Waals surface area contributed by atoms with Gasteiger partial charge in [-0.1, -0.05) is 6.07 Å². The van der Waals surface area contributed by atoms with Gasteiger partial charge in [0, 0.05) is 31.2 Å². The number of anilines is 1. The molecule has 0 radical (unpaired) electrons. The van der Waals surface area contributed by atoms with Gasteiger partial charge < -0.3 is 14.1 Å². The molecule has 2 aromatic rings. The number of aromatic nitrogens is 1. The zero-order chi connectivity index (χ0) is 20.6. The summed E-state index contributed by atoms with van der Waals surface area (Å²) in [7, 11) is 0. The Morgan fingerprint density at radius 1 is 1.21 bits per heavy atom. The predicted molar refractivity (Wildman–Crippen MR) is 108 cm³/mol. The van der Waals surface area contributed by atoms with Crippen LogP contribution < -0.4 is 4.90 Å². The lowest BCUT2D eigenvalue weighted by Crippen LogP contribution is -2.36. The molecule has 2 aromatic heterocycles. The molecular weight excluding hydrogens is 370 g/mol. The van der Waals surface area contributed by atoms with Crippen LogP contribution in [0.25, 0.3) is 0 Å². The molecule has 1 unspecified atom stereocenters. The summed E-state index contributed by atoms with van der Waals surface area (Å²) in [5, 5.41) is 0. The van der Waals surface area contributed by atoms with E-state index in [1.807, 2.05) is 26.8 Å². The van der Waals surface area contributed by atoms with Gasteiger partial charge in [-0.2, -0.15) is 0 Å². The van der Waals surface area contributed by atoms with Crippen molar-refractivity contribution in [3.63, 3.8) is 0 Å². The van der Waals surface area contributed by atoms with E-state index >= 15 is 0 Å². The zero-order valence-corrected chi connectivity index (χ0v) is 17.2. The summed E-state index contributed by atoms with van der Waals surface area (Å²) < 4.78 is 10.8. The van der Waals surface area contributed by atoms with Gasteiger partial charge in [0.25, 0.3) is 5.91 Å². The van der Waals surface area contributed by atoms with Gasteiger partial charge in [-0.3, -0.25) is 9.69 Å². The molecule has 29 heavy (non-hydrogen) atoms. The van der Waals surface area contributed by atoms with Crippen LogP contribution in [0.1, 0.15) is 61.3 Å². The summed E-state index contributed by atoms with van der Waals surface area (Å²) in [4.78, 5) is 33.5. The largest absolute Gasteiger partial charge is 0.459 e. The highest BCUT2D eigenvalue weighted by molar-refractivity contribution is 6.04. The Kier molecular flexibility index (Phi) is 5.06. The van der Waals surface area contributed by atoms with Crippen LogP contribution in [0.4, 0.5) is 10.6 Å². The number of carbonyl (C=O) groups excluding carboxylic acids is 2. The van der Waals surface area contributed by atoms with Gasteiger partial charge >= 0.3 is 6.09 Å². The van der Waals surface area contributed by atoms with Gasteiger partial charge in [0.2, 0.25) is 0 Å². The van der Waals surface area contributed by atoms with E-state index in [0.29, 0.717) is 31.2 Å². The van der Waals surface area contributed by atoms with Gasteiger partial charge in [0.1, 0.15) is 11.4 Å². The second-order valence-electron chi connectivity index (χ2n) is 8.67. The maximum absolute atomic E-state index is 12.9. The number of furan rings is 1. The van der Waals surface area contributed by atoms with Crippen molar-refractivity contribution < 1.29 is 18.7 Å². The van der Waals surface area contributed by atoms with E-state index < -0.39 is 5.60 Å². The minimum atomic E-state index is -0.508. The minimum absolute atomic E-state index is 0.135. The van der Waals surface area contributed by atoms with Crippen LogP contribution >= 0.6 is 0 Å². The van der Waals surface area contributed by atoms with Crippen molar-refractivity contribution in [2.24, 2.45) is 0 Å². The molecule has 0 N–H and O–H groups in total. The fourth-order valence-electron chi connectivity index (χ4n) is 3.91. The molecule has 4 heterocycles. The standard InChI is InChI=1S/C22H27N3O4/c1-22(2,3)29-21(27)24-12-10-16(14-24)17-9-8-15-6-4-11-25(19(15)23-17)20(26)18-7-5-13-28-18/h5,7-9,13,16H,4,6,10-12,14H2,1-3H3. The van der Waals surface area contributed by atoms with E-state index in [9.17, 15) is 9.59 Å². The van der Waals surface area contributed by atoms with Crippen LogP contribution in [-0.2, 0) is 11.2 Å². The number of likely N-dealkylation sites (tertiary alicyclic amines) is 1. The van der Waals surface area contributed by atoms with Gasteiger partial charge in [-0.15, -0.1) is 0 Å². The van der Waals surface area contributed by atoms with Crippen molar-refractivity contribution in [3.8, 4) is 0 Å². The summed E-state index contributed by atoms with van der Waals surface area (Å²) in [6.07, 6.45) is 3.85. The smallest absolute Gasteiger partial charge is 0.410 e. The van der Waals surface area contributed by atoms with Crippen molar-refractivity contribution in [1.29, 1.82) is 0 Å². The number of hydrogen-bond donors (Lipinski definition) is 0. The number of carbonyl (C=O) groups is 2. The Bertz CT molecular complexity index is 901. The fraction of sp³-hybridized carbons (Fsp3) is 0.500. The van der Waals surface area contributed by atoms with Crippen LogP contribution in [0.2, 0.25) is 0 Å². The summed E-state index contributed by atoms with van der Waals surface area (Å²) in [6, 6.07) is 7.49. The molecule has 0 aromatic carbocycles. The van der Waals surface area contributed by atoms with E-state index in [4.69, 9.17) is 14.1 Å². The molecule has 0 spiro atoms. The van der Waals surface area contributed by atoms with E-state index in [0.717, 1.165) is 30.5 Å². The highest BCUT2D eigenvalue weighted by Gasteiger charge is 2.33. The van der Waals surface area contributed by atoms with Crippen molar-refractivity contribution in [3.05, 3.63) is 47.5 Å². The first-order valence-electron chi connectivity index (χ1n) is 10.1. The first-order valence-corrected chi connectivity index (χ1v) is 10.1. The van der Waals surface area contributed by atoms with Crippen molar-refractivity contribution in [2.45, 2.75) is 51.6 Å². The van der Waals surface area contributed by atoms with Gasteiger partial charge in [0.05, 0.1) is 6.26 Å². The molecule has 0 aliphatic carbocycles. The zero-order valence-electron chi connectivity index (χ0n) is 17.2. The Morgan fingerprint density at radius 2 is 2.03 bits per heavy atom. The molecule has 7 heteroatoms. The molecular formula is C22H27N3O4. The molecule has 1 saturated heterocycles. The number of rotatable bonds is 2. The topological polar surface area (TPSA) is 75.9 Å². The Morgan fingerprint density at radius 3 is 2.76 bits per heavy atom. The van der Waals surface area contributed by atoms with E-state index in [-0.39, 0.29) is 17.9 Å². The molecule has 0 saturated carbocycles. The van der Waals surface area contributed by atoms with Crippen LogP contribution in [-0.4, -0.2) is 47.1 Å². The fourth-order valence-corrected chi connectivity index (χ4v) is 3.91. The maximum Gasteiger partial charge on any atom is 0.410 e. The molecule has 0 bridgehead atoms. The van der Waals surface area contributed by atoms with Crippen LogP contribution in [0.3, 0.4) is 0 Å². The SMILES string of the molecule is CC(C)(C)OC(=O)N1CCC(c2ccc3c(n2)N(C(=O)c2ccco2)CCC3)C1. The van der Waals surface area contributed by atoms with Crippen molar-refractivity contribution in [2.75, 3.05) is 24.5 Å². The number of hydrogen-bond acceptors (Lipinski definition) is 5. The molecule has 154 valence electrons. The Labute approximate surface area is 170 Å². The van der Waals surface area contributed by atoms with Gasteiger partial charge in [-0.25, -0.2) is 9.78 Å². The molecule has 1 atom stereocenters. The number of pyridine rings is 1. The predicted octanol–water partition coefficient (Wildman–Crippen LogP) is 3.99. The van der Waals surface area contributed by atoms with Gasteiger partial charge in [0.15, 0.2) is 5.76 Å². The monoisotopic (exact) mass is 397 g/mol. The third-order valence-corrected chi connectivity index (χ3v) is 5.30. The molecule has 2 aliphatic heterocycles. The van der Waals surface area contributed by atoms with Crippen LogP contribution in [0, 0.1) is 0 Å². The quantitative estimate of drug-likeness (QED) is 0.766. The number of ether oxygens (including phenoxy) is 1. The minimum Gasteiger partial charge on any atom is -0.459 e. The highest BCUT2D eigenvalue weighted by Crippen LogP contribution is 2.32. The van der Waals surface area contributed by atoms with Gasteiger partial charge in [-0.05, 0) is 63.8 Å². The second kappa shape index (κ2) is 7.54. The van der Waals surface area contributed by atoms with E-state index in [2.05, 4.69) is 6.07 Å². The highest BCUT2D eigenvalue weighted by atomic mass is 16.6. The average Bonchev–Trinajstić information content (AvgIpc) is 3.37. The number of amides is 2. The lowest BCUT2D eigenvalue weighted by atomic mass is 10.00. The lowest BCUT2D eigenvalue weighted by Gasteiger charge is -2.28. The molecule has 2 amide bonds. The summed E-state index contributed by atoms with van der Waals surface area (Å²) in [5.74, 6) is 1.01. The summed E-state index contributed by atoms with van der Waals surface area (Å²) in [6.45, 7) is 7.45. The van der Waals surface area contributed by atoms with Crippen LogP contribution in [0.5, 0.6) is 0 Å². The van der Waals surface area contributed by atoms with Crippen molar-refractivity contribution in [1.82, 2.24) is 9.88 Å². The Hall–Kier alpha value is -2.83. The third-order valence-electron chi connectivity index (χ3n) is 5.30. The van der Waals surface area contributed by atoms with Crippen molar-refractivity contribution >= 4 is 17.8 Å². The molecule has 1 fully saturated rings. The molecule has 4 rings (SSSR count). The second-order valence-corrected chi connectivity index (χ2v) is 8.67. The molecule has 7 nitrogen and oxygen atoms in total. The van der Waals surface area contributed by atoms with E-state index in [1.165, 1.54) is 6.26 Å². The Balaban J connectivity index is 1.53. The number of fused-ring (bicyclic) bond motifs is 1. The van der Waals surface area contributed by atoms with E-state index in [1.54, 1.807) is 21.9 Å². The first kappa shape index (κ1) is 19.5. The first-order chi connectivity index (χ1) is 13.8. The van der Waals surface area contributed by atoms with Crippen LogP contribution in [0.15, 0.2) is 34.9 Å². The normalized spacial score (nSPS) is 19.2. The maximum atomic E-state index is 12.9. The molecule has 2 aliphatic rings.